The van der Waals surface area contributed by atoms with Gasteiger partial charge in [-0.25, -0.2) is 4.79 Å². The van der Waals surface area contributed by atoms with Crippen LogP contribution in [0.4, 0.5) is 4.79 Å². The highest BCUT2D eigenvalue weighted by Crippen LogP contribution is 2.10. The Morgan fingerprint density at radius 2 is 2.11 bits per heavy atom. The summed E-state index contributed by atoms with van der Waals surface area (Å²) in [6, 6.07) is 2.79. The van der Waals surface area contributed by atoms with Crippen LogP contribution >= 0.6 is 0 Å². The summed E-state index contributed by atoms with van der Waals surface area (Å²) >= 11 is 0. The van der Waals surface area contributed by atoms with Gasteiger partial charge in [0.2, 0.25) is 5.91 Å². The van der Waals surface area contributed by atoms with Crippen LogP contribution in [0.3, 0.4) is 0 Å². The van der Waals surface area contributed by atoms with E-state index in [1.165, 1.54) is 0 Å². The highest BCUT2D eigenvalue weighted by Gasteiger charge is 2.17. The van der Waals surface area contributed by atoms with Gasteiger partial charge in [-0.1, -0.05) is 6.07 Å². The molecule has 3 N–H and O–H groups in total. The third-order valence-corrected chi connectivity index (χ3v) is 2.65. The molecule has 1 rings (SSSR count). The zero-order chi connectivity index (χ0) is 14.3. The monoisotopic (exact) mass is 264 g/mol. The number of hydrogen-bond acceptors (Lipinski definition) is 4. The van der Waals surface area contributed by atoms with Gasteiger partial charge in [-0.2, -0.15) is 0 Å². The number of aromatic nitrogens is 1. The number of nitrogens with one attached hydrogen (secondary N) is 3. The lowest BCUT2D eigenvalue weighted by atomic mass is 10.1. The highest BCUT2D eigenvalue weighted by molar-refractivity contribution is 5.96. The Balaban J connectivity index is 2.48. The minimum atomic E-state index is -0.477. The molecule has 2 unspecified atom stereocenters. The van der Waals surface area contributed by atoms with Crippen molar-refractivity contribution in [2.24, 2.45) is 0 Å². The van der Waals surface area contributed by atoms with Crippen molar-refractivity contribution in [3.05, 3.63) is 30.1 Å². The van der Waals surface area contributed by atoms with Crippen LogP contribution in [0.25, 0.3) is 0 Å². The molecular weight excluding hydrogens is 244 g/mol. The number of hydrogen-bond donors (Lipinski definition) is 3. The molecule has 0 aliphatic rings. The van der Waals surface area contributed by atoms with E-state index in [1.807, 2.05) is 19.1 Å². The maximum Gasteiger partial charge on any atom is 0.321 e. The molecule has 104 valence electrons. The molecule has 3 amide bonds. The van der Waals surface area contributed by atoms with Crippen LogP contribution in [-0.2, 0) is 4.79 Å². The number of pyridine rings is 1. The topological polar surface area (TPSA) is 83.1 Å². The first-order chi connectivity index (χ1) is 9.04. The number of urea groups is 1. The minimum Gasteiger partial charge on any atom is -0.338 e. The fraction of sp³-hybridized carbons (Fsp3) is 0.462. The summed E-state index contributed by atoms with van der Waals surface area (Å²) in [4.78, 5) is 27.0. The van der Waals surface area contributed by atoms with Gasteiger partial charge in [0, 0.05) is 25.0 Å². The second-order valence-electron chi connectivity index (χ2n) is 4.25. The van der Waals surface area contributed by atoms with E-state index in [2.05, 4.69) is 20.9 Å². The Hall–Kier alpha value is -1.95. The smallest absolute Gasteiger partial charge is 0.321 e. The molecule has 0 spiro atoms. The molecule has 0 saturated carbocycles. The number of carbonyl (C=O) groups excluding carboxylic acids is 2. The Labute approximate surface area is 113 Å². The van der Waals surface area contributed by atoms with Gasteiger partial charge >= 0.3 is 6.03 Å². The van der Waals surface area contributed by atoms with Crippen LogP contribution in [0.15, 0.2) is 24.5 Å². The first-order valence-corrected chi connectivity index (χ1v) is 6.29. The molecule has 0 fully saturated rings. The Bertz CT molecular complexity index is 422. The lowest BCUT2D eigenvalue weighted by molar-refractivity contribution is -0.121. The zero-order valence-electron chi connectivity index (χ0n) is 11.4. The molecule has 0 aliphatic heterocycles. The normalized spacial score (nSPS) is 13.4. The van der Waals surface area contributed by atoms with Crippen LogP contribution in [-0.4, -0.2) is 29.5 Å². The Kier molecular flexibility index (Phi) is 5.95. The van der Waals surface area contributed by atoms with Crippen molar-refractivity contribution in [3.8, 4) is 0 Å². The number of amides is 3. The quantitative estimate of drug-likeness (QED) is 0.740. The van der Waals surface area contributed by atoms with Gasteiger partial charge in [0.1, 0.15) is 0 Å². The van der Waals surface area contributed by atoms with Crippen LogP contribution in [0.1, 0.15) is 32.4 Å². The molecule has 1 aromatic heterocycles. The van der Waals surface area contributed by atoms with Gasteiger partial charge in [0.15, 0.2) is 0 Å². The second-order valence-corrected chi connectivity index (χ2v) is 4.25. The summed E-state index contributed by atoms with van der Waals surface area (Å²) in [5.41, 5.74) is 0.986. The van der Waals surface area contributed by atoms with Crippen molar-refractivity contribution in [2.45, 2.75) is 32.9 Å². The fourth-order valence-corrected chi connectivity index (χ4v) is 1.60. The van der Waals surface area contributed by atoms with Crippen molar-refractivity contribution < 1.29 is 9.59 Å². The lowest BCUT2D eigenvalue weighted by Crippen LogP contribution is -2.48. The van der Waals surface area contributed by atoms with Gasteiger partial charge in [-0.3, -0.25) is 20.4 Å². The number of carbonyl (C=O) groups is 2. The average molecular weight is 264 g/mol. The average Bonchev–Trinajstić information content (AvgIpc) is 2.39. The summed E-state index contributed by atoms with van der Waals surface area (Å²) in [5.74, 6) is -0.360. The molecular formula is C13H20N4O2. The van der Waals surface area contributed by atoms with Crippen LogP contribution < -0.4 is 16.0 Å². The standard InChI is InChI=1S/C13H20N4O2/c1-4-15-13(19)17-12(18)10(3)16-9(2)11-6-5-7-14-8-11/h5-10,16H,4H2,1-3H3,(H2,15,17,18,19). The van der Waals surface area contributed by atoms with E-state index in [1.54, 1.807) is 26.2 Å². The van der Waals surface area contributed by atoms with Gasteiger partial charge in [-0.05, 0) is 32.4 Å². The van der Waals surface area contributed by atoms with Crippen LogP contribution in [0, 0.1) is 0 Å². The molecule has 19 heavy (non-hydrogen) atoms. The summed E-state index contributed by atoms with van der Waals surface area (Å²) in [6.45, 7) is 5.91. The molecule has 0 radical (unpaired) electrons. The van der Waals surface area contributed by atoms with E-state index in [4.69, 9.17) is 0 Å². The number of rotatable bonds is 5. The minimum absolute atomic E-state index is 0.0244. The summed E-state index contributed by atoms with van der Waals surface area (Å²) in [5, 5.41) is 7.89. The maximum atomic E-state index is 11.7. The zero-order valence-corrected chi connectivity index (χ0v) is 11.4. The highest BCUT2D eigenvalue weighted by atomic mass is 16.2. The summed E-state index contributed by atoms with van der Waals surface area (Å²) in [6.07, 6.45) is 3.44. The first kappa shape index (κ1) is 15.1. The number of imide groups is 1. The maximum absolute atomic E-state index is 11.7. The van der Waals surface area contributed by atoms with Crippen molar-refractivity contribution in [2.75, 3.05) is 6.54 Å². The van der Waals surface area contributed by atoms with Gasteiger partial charge in [-0.15, -0.1) is 0 Å². The molecule has 0 saturated heterocycles. The fourth-order valence-electron chi connectivity index (χ4n) is 1.60. The van der Waals surface area contributed by atoms with Crippen LogP contribution in [0.5, 0.6) is 0 Å². The van der Waals surface area contributed by atoms with E-state index in [0.717, 1.165) is 5.56 Å². The van der Waals surface area contributed by atoms with Gasteiger partial charge in [0.25, 0.3) is 0 Å². The van der Waals surface area contributed by atoms with E-state index >= 15 is 0 Å². The Morgan fingerprint density at radius 3 is 2.68 bits per heavy atom. The van der Waals surface area contributed by atoms with Crippen molar-refractivity contribution in [3.63, 3.8) is 0 Å². The molecule has 1 aromatic rings. The van der Waals surface area contributed by atoms with E-state index < -0.39 is 12.1 Å². The molecule has 0 bridgehead atoms. The van der Waals surface area contributed by atoms with E-state index in [-0.39, 0.29) is 11.9 Å². The molecule has 2 atom stereocenters. The van der Waals surface area contributed by atoms with Crippen molar-refractivity contribution in [1.82, 2.24) is 20.9 Å². The molecule has 6 heteroatoms. The summed E-state index contributed by atoms with van der Waals surface area (Å²) < 4.78 is 0. The summed E-state index contributed by atoms with van der Waals surface area (Å²) in [7, 11) is 0. The van der Waals surface area contributed by atoms with E-state index in [0.29, 0.717) is 6.54 Å². The van der Waals surface area contributed by atoms with E-state index in [9.17, 15) is 9.59 Å². The molecule has 0 aliphatic carbocycles. The van der Waals surface area contributed by atoms with Crippen molar-refractivity contribution in [1.29, 1.82) is 0 Å². The Morgan fingerprint density at radius 1 is 1.37 bits per heavy atom. The first-order valence-electron chi connectivity index (χ1n) is 6.29. The SMILES string of the molecule is CCNC(=O)NC(=O)C(C)NC(C)c1cccnc1. The third kappa shape index (κ3) is 5.05. The predicted molar refractivity (Wildman–Crippen MR) is 72.5 cm³/mol. The predicted octanol–water partition coefficient (Wildman–Crippen LogP) is 0.966. The third-order valence-electron chi connectivity index (χ3n) is 2.65. The second kappa shape index (κ2) is 7.48. The molecule has 1 heterocycles. The largest absolute Gasteiger partial charge is 0.338 e. The van der Waals surface area contributed by atoms with Crippen molar-refractivity contribution >= 4 is 11.9 Å². The molecule has 0 aromatic carbocycles. The van der Waals surface area contributed by atoms with Crippen LogP contribution in [0.2, 0.25) is 0 Å². The molecule has 6 nitrogen and oxygen atoms in total. The van der Waals surface area contributed by atoms with Gasteiger partial charge < -0.3 is 5.32 Å². The van der Waals surface area contributed by atoms with Gasteiger partial charge in [0.05, 0.1) is 6.04 Å². The number of nitrogens with zero attached hydrogens (tertiary/aromatic N) is 1. The lowest BCUT2D eigenvalue weighted by Gasteiger charge is -2.19.